The number of urea groups is 1. The lowest BCUT2D eigenvalue weighted by atomic mass is 9.92. The van der Waals surface area contributed by atoms with Crippen LogP contribution < -0.4 is 10.6 Å². The number of anilines is 2. The van der Waals surface area contributed by atoms with Gasteiger partial charge in [0.1, 0.15) is 0 Å². The van der Waals surface area contributed by atoms with Crippen LogP contribution in [0.1, 0.15) is 32.0 Å². The van der Waals surface area contributed by atoms with Crippen molar-refractivity contribution in [2.45, 2.75) is 32.6 Å². The number of hydrogen-bond acceptors (Lipinski definition) is 3. The van der Waals surface area contributed by atoms with Crippen molar-refractivity contribution in [3.05, 3.63) is 69.8 Å². The zero-order chi connectivity index (χ0) is 22.8. The third kappa shape index (κ3) is 5.57. The zero-order valence-corrected chi connectivity index (χ0v) is 18.8. The Balaban J connectivity index is 1.85. The van der Waals surface area contributed by atoms with Gasteiger partial charge >= 0.3 is 12.0 Å². The summed E-state index contributed by atoms with van der Waals surface area (Å²) in [5.74, 6) is -0.533. The molecule has 0 spiro atoms. The summed E-state index contributed by atoms with van der Waals surface area (Å²) in [6, 6.07) is 13.3. The summed E-state index contributed by atoms with van der Waals surface area (Å²) in [6.45, 7) is 6.11. The predicted molar refractivity (Wildman–Crippen MR) is 123 cm³/mol. The van der Waals surface area contributed by atoms with E-state index in [9.17, 15) is 9.59 Å². The summed E-state index contributed by atoms with van der Waals surface area (Å²) in [7, 11) is 0. The van der Waals surface area contributed by atoms with Crippen LogP contribution in [-0.4, -0.2) is 26.9 Å². The van der Waals surface area contributed by atoms with Gasteiger partial charge in [-0.1, -0.05) is 62.2 Å². The quantitative estimate of drug-likeness (QED) is 0.451. The van der Waals surface area contributed by atoms with Gasteiger partial charge in [-0.05, 0) is 29.8 Å². The van der Waals surface area contributed by atoms with Crippen molar-refractivity contribution in [3.8, 4) is 5.69 Å². The Morgan fingerprint density at radius 1 is 1.06 bits per heavy atom. The molecule has 0 fully saturated rings. The highest BCUT2D eigenvalue weighted by atomic mass is 35.5. The summed E-state index contributed by atoms with van der Waals surface area (Å²) >= 11 is 12.1. The van der Waals surface area contributed by atoms with Gasteiger partial charge in [0, 0.05) is 11.5 Å². The Morgan fingerprint density at radius 2 is 1.74 bits per heavy atom. The van der Waals surface area contributed by atoms with E-state index >= 15 is 0 Å². The minimum atomic E-state index is -0.889. The van der Waals surface area contributed by atoms with Crippen LogP contribution in [0.2, 0.25) is 10.0 Å². The van der Waals surface area contributed by atoms with Crippen LogP contribution >= 0.6 is 23.2 Å². The molecule has 2 amide bonds. The van der Waals surface area contributed by atoms with E-state index in [-0.39, 0.29) is 16.9 Å². The highest BCUT2D eigenvalue weighted by Gasteiger charge is 2.23. The molecule has 3 rings (SSSR count). The molecule has 9 heteroatoms. The van der Waals surface area contributed by atoms with Crippen molar-refractivity contribution < 1.29 is 14.7 Å². The van der Waals surface area contributed by atoms with Gasteiger partial charge in [-0.15, -0.1) is 5.10 Å². The first-order valence-electron chi connectivity index (χ1n) is 9.48. The number of carboxylic acids is 1. The van der Waals surface area contributed by atoms with E-state index in [4.69, 9.17) is 28.3 Å². The smallest absolute Gasteiger partial charge is 0.324 e. The molecule has 1 aromatic heterocycles. The molecule has 2 aromatic carbocycles. The first kappa shape index (κ1) is 22.7. The summed E-state index contributed by atoms with van der Waals surface area (Å²) in [6.07, 6.45) is -0.0510. The number of nitrogens with zero attached hydrogens (tertiary/aromatic N) is 2. The van der Waals surface area contributed by atoms with Gasteiger partial charge in [0.25, 0.3) is 0 Å². The van der Waals surface area contributed by atoms with E-state index in [0.717, 1.165) is 11.4 Å². The van der Waals surface area contributed by atoms with Crippen LogP contribution in [-0.2, 0) is 16.6 Å². The predicted octanol–water partition coefficient (Wildman–Crippen LogP) is 5.75. The summed E-state index contributed by atoms with van der Waals surface area (Å²) in [5.41, 5.74) is 2.44. The van der Waals surface area contributed by atoms with Gasteiger partial charge in [0.05, 0.1) is 33.5 Å². The highest BCUT2D eigenvalue weighted by molar-refractivity contribution is 6.44. The van der Waals surface area contributed by atoms with Crippen LogP contribution in [0.3, 0.4) is 0 Å². The molecule has 0 atom stereocenters. The number of aliphatic carboxylic acids is 1. The minimum Gasteiger partial charge on any atom is -0.481 e. The first-order valence-corrected chi connectivity index (χ1v) is 10.2. The van der Waals surface area contributed by atoms with Gasteiger partial charge in [-0.3, -0.25) is 10.1 Å². The second kappa shape index (κ2) is 8.99. The van der Waals surface area contributed by atoms with Crippen LogP contribution in [0, 0.1) is 0 Å². The molecule has 31 heavy (non-hydrogen) atoms. The van der Waals surface area contributed by atoms with Crippen molar-refractivity contribution in [2.24, 2.45) is 0 Å². The third-order valence-corrected chi connectivity index (χ3v) is 5.27. The number of nitrogens with one attached hydrogen (secondary N) is 2. The van der Waals surface area contributed by atoms with E-state index in [2.05, 4.69) is 15.7 Å². The Morgan fingerprint density at radius 3 is 2.35 bits per heavy atom. The molecule has 0 aliphatic rings. The first-order chi connectivity index (χ1) is 14.5. The number of carbonyl (C=O) groups is 2. The molecule has 1 heterocycles. The minimum absolute atomic E-state index is 0.0510. The average Bonchev–Trinajstić information content (AvgIpc) is 3.10. The Hall–Kier alpha value is -3.03. The molecule has 0 aliphatic heterocycles. The van der Waals surface area contributed by atoms with Gasteiger partial charge in [-0.25, -0.2) is 9.48 Å². The topological polar surface area (TPSA) is 96.3 Å². The van der Waals surface area contributed by atoms with Crippen LogP contribution in [0.15, 0.2) is 48.5 Å². The van der Waals surface area contributed by atoms with E-state index < -0.39 is 12.0 Å². The second-order valence-electron chi connectivity index (χ2n) is 7.99. The summed E-state index contributed by atoms with van der Waals surface area (Å²) in [5, 5.41) is 19.4. The molecule has 0 unspecified atom stereocenters. The molecule has 3 N–H and O–H groups in total. The number of aromatic nitrogens is 2. The lowest BCUT2D eigenvalue weighted by Crippen LogP contribution is -2.20. The highest BCUT2D eigenvalue weighted by Crippen LogP contribution is 2.30. The van der Waals surface area contributed by atoms with Crippen molar-refractivity contribution >= 4 is 46.7 Å². The van der Waals surface area contributed by atoms with Gasteiger partial charge in [0.15, 0.2) is 5.82 Å². The molecule has 0 bridgehead atoms. The molecule has 7 nitrogen and oxygen atoms in total. The van der Waals surface area contributed by atoms with Gasteiger partial charge < -0.3 is 10.4 Å². The molecule has 162 valence electrons. The van der Waals surface area contributed by atoms with E-state index in [0.29, 0.717) is 22.1 Å². The van der Waals surface area contributed by atoms with Crippen LogP contribution in [0.4, 0.5) is 16.3 Å². The number of amides is 2. The summed E-state index contributed by atoms with van der Waals surface area (Å²) in [4.78, 5) is 23.4. The monoisotopic (exact) mass is 460 g/mol. The maximum Gasteiger partial charge on any atom is 0.324 e. The van der Waals surface area contributed by atoms with E-state index in [1.165, 1.54) is 0 Å². The third-order valence-electron chi connectivity index (χ3n) is 4.46. The average molecular weight is 461 g/mol. The van der Waals surface area contributed by atoms with Crippen LogP contribution in [0.25, 0.3) is 5.69 Å². The fourth-order valence-electron chi connectivity index (χ4n) is 2.97. The Labute approximate surface area is 190 Å². The number of rotatable bonds is 5. The van der Waals surface area contributed by atoms with E-state index in [1.54, 1.807) is 53.2 Å². The standard InChI is InChI=1S/C22H22Cl2N4O3/c1-22(2,3)17-12-18(26-21(31)25-16-6-4-5-15(23)20(16)24)27-28(17)14-9-7-13(8-10-14)11-19(29)30/h4-10,12H,11H2,1-3H3,(H,29,30)(H2,25,26,27,31). The lowest BCUT2D eigenvalue weighted by molar-refractivity contribution is -0.136. The van der Waals surface area contributed by atoms with Crippen molar-refractivity contribution in [3.63, 3.8) is 0 Å². The van der Waals surface area contributed by atoms with Crippen molar-refractivity contribution in [1.29, 1.82) is 0 Å². The van der Waals surface area contributed by atoms with E-state index in [1.807, 2.05) is 20.8 Å². The number of carboxylic acid groups (broad SMARTS) is 1. The normalized spacial score (nSPS) is 11.3. The second-order valence-corrected chi connectivity index (χ2v) is 8.78. The number of benzene rings is 2. The maximum absolute atomic E-state index is 12.5. The molecule has 0 radical (unpaired) electrons. The maximum atomic E-state index is 12.5. The fraction of sp³-hybridized carbons (Fsp3) is 0.227. The molecular weight excluding hydrogens is 439 g/mol. The number of hydrogen-bond donors (Lipinski definition) is 3. The van der Waals surface area contributed by atoms with Crippen LogP contribution in [0.5, 0.6) is 0 Å². The number of halogens is 2. The fourth-order valence-corrected chi connectivity index (χ4v) is 3.32. The lowest BCUT2D eigenvalue weighted by Gasteiger charge is -2.20. The number of carbonyl (C=O) groups excluding carboxylic acids is 1. The molecule has 3 aromatic rings. The SMILES string of the molecule is CC(C)(C)c1cc(NC(=O)Nc2cccc(Cl)c2Cl)nn1-c1ccc(CC(=O)O)cc1. The molecule has 0 aliphatic carbocycles. The van der Waals surface area contributed by atoms with Gasteiger partial charge in [-0.2, -0.15) is 0 Å². The molecular formula is C22H22Cl2N4O3. The van der Waals surface area contributed by atoms with Crippen molar-refractivity contribution in [1.82, 2.24) is 9.78 Å². The zero-order valence-electron chi connectivity index (χ0n) is 17.2. The van der Waals surface area contributed by atoms with Gasteiger partial charge in [0.2, 0.25) is 0 Å². The molecule has 0 saturated carbocycles. The largest absolute Gasteiger partial charge is 0.481 e. The molecule has 0 saturated heterocycles. The Bertz CT molecular complexity index is 1120. The summed E-state index contributed by atoms with van der Waals surface area (Å²) < 4.78 is 1.73. The Kier molecular flexibility index (Phi) is 6.57. The van der Waals surface area contributed by atoms with Crippen molar-refractivity contribution in [2.75, 3.05) is 10.6 Å².